The smallest absolute Gasteiger partial charge is 0.261 e. The Balaban J connectivity index is 1.36. The lowest BCUT2D eigenvalue weighted by molar-refractivity contribution is -0.126. The second kappa shape index (κ2) is 10.4. The topological polar surface area (TPSA) is 109 Å². The summed E-state index contributed by atoms with van der Waals surface area (Å²) in [6.45, 7) is 7.69. The number of carbonyl (C=O) groups is 3. The summed E-state index contributed by atoms with van der Waals surface area (Å²) in [5, 5.41) is 6.99. The Morgan fingerprint density at radius 1 is 1.00 bits per heavy atom. The van der Waals surface area contributed by atoms with Gasteiger partial charge in [-0.1, -0.05) is 29.4 Å². The van der Waals surface area contributed by atoms with Crippen molar-refractivity contribution in [3.63, 3.8) is 0 Å². The molecule has 0 unspecified atom stereocenters. The number of aryl methyl sites for hydroxylation is 1. The number of benzene rings is 2. The lowest BCUT2D eigenvalue weighted by atomic mass is 10.0. The summed E-state index contributed by atoms with van der Waals surface area (Å²) in [6.07, 6.45) is 2.95. The maximum absolute atomic E-state index is 13.1. The van der Waals surface area contributed by atoms with E-state index in [4.69, 9.17) is 8.94 Å². The molecule has 9 nitrogen and oxygen atoms in total. The van der Waals surface area contributed by atoms with Crippen LogP contribution in [0.2, 0.25) is 0 Å². The van der Waals surface area contributed by atoms with Gasteiger partial charge in [0.15, 0.2) is 11.5 Å². The molecule has 5 rings (SSSR count). The molecule has 4 aromatic rings. The number of Topliss-reactive ketones (excluding diaryl/α,β-unsaturated/α-hetero) is 1. The fraction of sp³-hybridized carbons (Fsp3) is 0.241. The Morgan fingerprint density at radius 2 is 1.74 bits per heavy atom. The molecule has 1 aliphatic rings. The Morgan fingerprint density at radius 3 is 2.39 bits per heavy atom. The molecule has 2 amide bonds. The van der Waals surface area contributed by atoms with Crippen LogP contribution in [0.15, 0.2) is 69.7 Å². The maximum Gasteiger partial charge on any atom is 0.261 e. The van der Waals surface area contributed by atoms with Crippen molar-refractivity contribution in [2.75, 3.05) is 36.4 Å². The Bertz CT molecular complexity index is 1540. The summed E-state index contributed by atoms with van der Waals surface area (Å²) in [6, 6.07) is 15.6. The first-order valence-corrected chi connectivity index (χ1v) is 12.4. The number of nitrogens with zero attached hydrogens (tertiary/aromatic N) is 3. The number of furan rings is 1. The van der Waals surface area contributed by atoms with Gasteiger partial charge in [0.25, 0.3) is 5.91 Å². The van der Waals surface area contributed by atoms with E-state index in [0.717, 1.165) is 29.9 Å². The number of para-hydroxylation sites is 1. The van der Waals surface area contributed by atoms with Crippen LogP contribution in [0, 0.1) is 6.92 Å². The first-order valence-electron chi connectivity index (χ1n) is 12.4. The van der Waals surface area contributed by atoms with Crippen LogP contribution in [0.3, 0.4) is 0 Å². The van der Waals surface area contributed by atoms with Gasteiger partial charge < -0.3 is 24.1 Å². The molecular formula is C29H28N4O5. The minimum Gasteiger partial charge on any atom is -0.451 e. The number of anilines is 2. The molecule has 3 heterocycles. The van der Waals surface area contributed by atoms with Gasteiger partial charge >= 0.3 is 0 Å². The lowest BCUT2D eigenvalue weighted by Crippen LogP contribution is -2.48. The summed E-state index contributed by atoms with van der Waals surface area (Å²) in [7, 11) is 0. The zero-order valence-corrected chi connectivity index (χ0v) is 21.5. The molecule has 194 valence electrons. The predicted octanol–water partition coefficient (Wildman–Crippen LogP) is 4.94. The Hall–Kier alpha value is -4.66. The van der Waals surface area contributed by atoms with E-state index in [2.05, 4.69) is 27.5 Å². The number of ketones is 1. The number of carbonyl (C=O) groups excluding carboxylic acids is 3. The van der Waals surface area contributed by atoms with Gasteiger partial charge in [-0.2, -0.15) is 0 Å². The molecule has 0 aliphatic carbocycles. The maximum atomic E-state index is 13.1. The van der Waals surface area contributed by atoms with Crippen molar-refractivity contribution in [1.82, 2.24) is 10.1 Å². The van der Waals surface area contributed by atoms with E-state index >= 15 is 0 Å². The first kappa shape index (κ1) is 25.0. The Kier molecular flexibility index (Phi) is 6.83. The van der Waals surface area contributed by atoms with Gasteiger partial charge in [-0.25, -0.2) is 0 Å². The minimum absolute atomic E-state index is 0.0496. The molecule has 1 saturated heterocycles. The van der Waals surface area contributed by atoms with Crippen LogP contribution in [-0.2, 0) is 4.79 Å². The van der Waals surface area contributed by atoms with Gasteiger partial charge in [0, 0.05) is 50.3 Å². The van der Waals surface area contributed by atoms with E-state index in [1.54, 1.807) is 19.1 Å². The molecule has 0 bridgehead atoms. The molecule has 0 saturated carbocycles. The molecule has 1 fully saturated rings. The van der Waals surface area contributed by atoms with Gasteiger partial charge in [-0.05, 0) is 49.2 Å². The summed E-state index contributed by atoms with van der Waals surface area (Å²) < 4.78 is 10.8. The van der Waals surface area contributed by atoms with Crippen molar-refractivity contribution < 1.29 is 23.3 Å². The van der Waals surface area contributed by atoms with Crippen molar-refractivity contribution in [3.8, 4) is 0 Å². The largest absolute Gasteiger partial charge is 0.451 e. The number of piperazine rings is 1. The average molecular weight is 513 g/mol. The number of allylic oxidation sites excluding steroid dienone is 1. The van der Waals surface area contributed by atoms with Crippen LogP contribution in [0.1, 0.15) is 46.1 Å². The molecule has 2 aromatic carbocycles. The molecule has 0 atom stereocenters. The molecule has 0 radical (unpaired) electrons. The van der Waals surface area contributed by atoms with Crippen molar-refractivity contribution >= 4 is 45.5 Å². The highest BCUT2D eigenvalue weighted by Crippen LogP contribution is 2.34. The molecule has 1 aliphatic heterocycles. The number of amides is 2. The first-order chi connectivity index (χ1) is 18.3. The fourth-order valence-corrected chi connectivity index (χ4v) is 4.60. The van der Waals surface area contributed by atoms with Gasteiger partial charge in [0.2, 0.25) is 5.91 Å². The standard InChI is InChI=1S/C29H28N4O5/c1-18(15-26(35)33-13-11-32(12-14-33)22-7-5-4-6-8-22)21-9-10-25-23(16-21)27(28(37-25)19(2)34)31-29(36)24-17-30-38-20(24)3/h4-10,15-17H,11-14H2,1-3H3,(H,31,36)/b18-15+. The van der Waals surface area contributed by atoms with Gasteiger partial charge in [0.05, 0.1) is 11.9 Å². The SMILES string of the molecule is CC(=O)c1oc2ccc(/C(C)=C/C(=O)N3CCN(c4ccccc4)CC3)cc2c1NC(=O)c1cnoc1C. The third-order valence-electron chi connectivity index (χ3n) is 6.75. The summed E-state index contributed by atoms with van der Waals surface area (Å²) in [5.74, 6) is -0.423. The molecule has 0 spiro atoms. The van der Waals surface area contributed by atoms with Gasteiger partial charge in [-0.15, -0.1) is 0 Å². The summed E-state index contributed by atoms with van der Waals surface area (Å²) >= 11 is 0. The van der Waals surface area contributed by atoms with Crippen molar-refractivity contribution in [2.24, 2.45) is 0 Å². The lowest BCUT2D eigenvalue weighted by Gasteiger charge is -2.35. The van der Waals surface area contributed by atoms with Crippen molar-refractivity contribution in [3.05, 3.63) is 83.5 Å². The van der Waals surface area contributed by atoms with Crippen LogP contribution in [0.25, 0.3) is 16.5 Å². The average Bonchev–Trinajstić information content (AvgIpc) is 3.52. The van der Waals surface area contributed by atoms with E-state index < -0.39 is 5.91 Å². The van der Waals surface area contributed by atoms with Crippen molar-refractivity contribution in [1.29, 1.82) is 0 Å². The Labute approximate surface area is 219 Å². The summed E-state index contributed by atoms with van der Waals surface area (Å²) in [5.41, 5.74) is 3.69. The monoisotopic (exact) mass is 512 g/mol. The van der Waals surface area contributed by atoms with Crippen LogP contribution in [0.5, 0.6) is 0 Å². The predicted molar refractivity (Wildman–Crippen MR) is 144 cm³/mol. The summed E-state index contributed by atoms with van der Waals surface area (Å²) in [4.78, 5) is 42.3. The molecule has 2 aromatic heterocycles. The van der Waals surface area contributed by atoms with E-state index in [-0.39, 0.29) is 28.7 Å². The highest BCUT2D eigenvalue weighted by atomic mass is 16.5. The van der Waals surface area contributed by atoms with Crippen molar-refractivity contribution in [2.45, 2.75) is 20.8 Å². The molecule has 9 heteroatoms. The highest BCUT2D eigenvalue weighted by molar-refractivity contribution is 6.15. The number of hydrogen-bond donors (Lipinski definition) is 1. The van der Waals surface area contributed by atoms with Gasteiger partial charge in [0.1, 0.15) is 16.9 Å². The second-order valence-electron chi connectivity index (χ2n) is 9.30. The molecular weight excluding hydrogens is 484 g/mol. The zero-order chi connectivity index (χ0) is 26.8. The van der Waals surface area contributed by atoms with Gasteiger partial charge in [-0.3, -0.25) is 14.4 Å². The van der Waals surface area contributed by atoms with E-state index in [0.29, 0.717) is 29.8 Å². The zero-order valence-electron chi connectivity index (χ0n) is 21.5. The molecule has 38 heavy (non-hydrogen) atoms. The van der Waals surface area contributed by atoms with Crippen LogP contribution in [0.4, 0.5) is 11.4 Å². The number of aromatic nitrogens is 1. The number of fused-ring (bicyclic) bond motifs is 1. The number of hydrogen-bond acceptors (Lipinski definition) is 7. The van der Waals surface area contributed by atoms with Crippen LogP contribution < -0.4 is 10.2 Å². The highest BCUT2D eigenvalue weighted by Gasteiger charge is 2.23. The van der Waals surface area contributed by atoms with E-state index in [9.17, 15) is 14.4 Å². The number of rotatable bonds is 6. The molecule has 1 N–H and O–H groups in total. The second-order valence-corrected chi connectivity index (χ2v) is 9.30. The minimum atomic E-state index is -0.462. The number of nitrogens with one attached hydrogen (secondary N) is 1. The third kappa shape index (κ3) is 4.95. The normalized spacial score (nSPS) is 14.1. The van der Waals surface area contributed by atoms with E-state index in [1.807, 2.05) is 42.2 Å². The van der Waals surface area contributed by atoms with E-state index in [1.165, 1.54) is 13.1 Å². The van der Waals surface area contributed by atoms with Crippen LogP contribution >= 0.6 is 0 Å². The fourth-order valence-electron chi connectivity index (χ4n) is 4.60. The third-order valence-corrected chi connectivity index (χ3v) is 6.75. The quantitative estimate of drug-likeness (QED) is 0.288. The van der Waals surface area contributed by atoms with Crippen LogP contribution in [-0.4, -0.2) is 53.8 Å².